The Morgan fingerprint density at radius 1 is 1.08 bits per heavy atom. The molecule has 2 N–H and O–H groups in total. The molecular weight excluding hydrogens is 302 g/mol. The molecule has 0 atom stereocenters. The fourth-order valence-corrected chi connectivity index (χ4v) is 1.95. The maximum Gasteiger partial charge on any atom is 0.258 e. The molecule has 0 aliphatic rings. The molecule has 0 saturated heterocycles. The van der Waals surface area contributed by atoms with Gasteiger partial charge in [0.15, 0.2) is 6.61 Å². The van der Waals surface area contributed by atoms with E-state index in [9.17, 15) is 4.79 Å². The van der Waals surface area contributed by atoms with Crippen LogP contribution >= 0.6 is 0 Å². The van der Waals surface area contributed by atoms with Crippen molar-refractivity contribution >= 4 is 17.8 Å². The van der Waals surface area contributed by atoms with Crippen molar-refractivity contribution in [2.24, 2.45) is 5.10 Å². The molecule has 24 heavy (non-hydrogen) atoms. The highest BCUT2D eigenvalue weighted by Gasteiger charge is 2.13. The maximum atomic E-state index is 11.7. The first kappa shape index (κ1) is 17.5. The number of rotatable bonds is 6. The van der Waals surface area contributed by atoms with E-state index < -0.39 is 0 Å². The van der Waals surface area contributed by atoms with Crippen molar-refractivity contribution in [1.29, 1.82) is 0 Å². The van der Waals surface area contributed by atoms with Crippen LogP contribution in [0.15, 0.2) is 59.7 Å². The van der Waals surface area contributed by atoms with E-state index in [1.807, 2.05) is 75.4 Å². The van der Waals surface area contributed by atoms with Gasteiger partial charge in [-0.25, -0.2) is 0 Å². The van der Waals surface area contributed by atoms with Crippen LogP contribution in [-0.2, 0) is 4.79 Å². The molecule has 0 aliphatic carbocycles. The lowest BCUT2D eigenvalue weighted by Gasteiger charge is -2.20. The summed E-state index contributed by atoms with van der Waals surface area (Å²) in [4.78, 5) is 11.7. The van der Waals surface area contributed by atoms with Crippen LogP contribution in [0.3, 0.4) is 0 Å². The second-order valence-electron chi connectivity index (χ2n) is 6.39. The number of hydrazone groups is 1. The number of carbonyl (C=O) groups excluding carboxylic acids is 1. The maximum absolute atomic E-state index is 11.7. The summed E-state index contributed by atoms with van der Waals surface area (Å²) >= 11 is 0. The molecule has 0 aliphatic heterocycles. The number of anilines is 1. The summed E-state index contributed by atoms with van der Waals surface area (Å²) in [5, 5.41) is 7.03. The molecule has 2 aromatic carbocycles. The number of carbonyl (C=O) groups is 1. The van der Waals surface area contributed by atoms with Gasteiger partial charge in [0.05, 0.1) is 11.9 Å². The van der Waals surface area contributed by atoms with Gasteiger partial charge in [-0.15, -0.1) is 0 Å². The third kappa shape index (κ3) is 6.52. The second kappa shape index (κ2) is 8.15. The van der Waals surface area contributed by atoms with Crippen LogP contribution in [0.25, 0.3) is 0 Å². The minimum absolute atomic E-state index is 0.000267. The Labute approximate surface area is 142 Å². The van der Waals surface area contributed by atoms with Gasteiger partial charge in [-0.1, -0.05) is 18.2 Å². The van der Waals surface area contributed by atoms with Crippen molar-refractivity contribution in [2.75, 3.05) is 12.0 Å². The van der Waals surface area contributed by atoms with Gasteiger partial charge in [-0.3, -0.25) is 10.2 Å². The highest BCUT2D eigenvalue weighted by Crippen LogP contribution is 2.11. The fraction of sp³-hybridized carbons (Fsp3) is 0.263. The Morgan fingerprint density at radius 2 is 1.75 bits per heavy atom. The standard InChI is InChI=1S/C19H23N3O2/c1-19(2,3)21-18(23)14-24-17-11-9-15(10-12-17)13-20-22-16-7-5-4-6-8-16/h4-13,22H,14H2,1-3H3,(H,21,23). The van der Waals surface area contributed by atoms with E-state index in [1.54, 1.807) is 6.21 Å². The van der Waals surface area contributed by atoms with Crippen LogP contribution in [-0.4, -0.2) is 24.3 Å². The van der Waals surface area contributed by atoms with Crippen molar-refractivity contribution in [3.05, 3.63) is 60.2 Å². The van der Waals surface area contributed by atoms with Gasteiger partial charge in [0.25, 0.3) is 5.91 Å². The zero-order chi connectivity index (χ0) is 17.4. The van der Waals surface area contributed by atoms with Crippen LogP contribution < -0.4 is 15.5 Å². The topological polar surface area (TPSA) is 62.7 Å². The van der Waals surface area contributed by atoms with Gasteiger partial charge in [-0.2, -0.15) is 5.10 Å². The van der Waals surface area contributed by atoms with Gasteiger partial charge >= 0.3 is 0 Å². The van der Waals surface area contributed by atoms with Crippen molar-refractivity contribution in [1.82, 2.24) is 5.32 Å². The molecule has 2 rings (SSSR count). The van der Waals surface area contributed by atoms with Gasteiger partial charge in [0.1, 0.15) is 5.75 Å². The minimum Gasteiger partial charge on any atom is -0.484 e. The predicted octanol–water partition coefficient (Wildman–Crippen LogP) is 3.43. The predicted molar refractivity (Wildman–Crippen MR) is 97.5 cm³/mol. The average molecular weight is 325 g/mol. The van der Waals surface area contributed by atoms with E-state index in [-0.39, 0.29) is 18.1 Å². The summed E-state index contributed by atoms with van der Waals surface area (Å²) in [6, 6.07) is 17.1. The van der Waals surface area contributed by atoms with Crippen molar-refractivity contribution in [2.45, 2.75) is 26.3 Å². The summed E-state index contributed by atoms with van der Waals surface area (Å²) in [5.74, 6) is 0.507. The minimum atomic E-state index is -0.257. The van der Waals surface area contributed by atoms with Crippen LogP contribution in [0, 0.1) is 0 Å². The third-order valence-corrected chi connectivity index (χ3v) is 2.95. The SMILES string of the molecule is CC(C)(C)NC(=O)COc1ccc(C=NNc2ccccc2)cc1. The molecule has 1 amide bonds. The smallest absolute Gasteiger partial charge is 0.258 e. The van der Waals surface area contributed by atoms with Crippen LogP contribution in [0.2, 0.25) is 0 Å². The summed E-state index contributed by atoms with van der Waals surface area (Å²) in [6.45, 7) is 5.80. The molecule has 5 nitrogen and oxygen atoms in total. The quantitative estimate of drug-likeness (QED) is 0.632. The molecule has 126 valence electrons. The zero-order valence-electron chi connectivity index (χ0n) is 14.2. The first-order valence-electron chi connectivity index (χ1n) is 7.80. The molecule has 0 fully saturated rings. The first-order valence-corrected chi connectivity index (χ1v) is 7.80. The molecule has 0 unspecified atom stereocenters. The third-order valence-electron chi connectivity index (χ3n) is 2.95. The summed E-state index contributed by atoms with van der Waals surface area (Å²) in [6.07, 6.45) is 1.73. The normalized spacial score (nSPS) is 11.3. The van der Waals surface area contributed by atoms with Crippen molar-refractivity contribution in [3.8, 4) is 5.75 Å². The van der Waals surface area contributed by atoms with Crippen molar-refractivity contribution in [3.63, 3.8) is 0 Å². The number of hydrogen-bond donors (Lipinski definition) is 2. The monoisotopic (exact) mass is 325 g/mol. The van der Waals surface area contributed by atoms with Crippen molar-refractivity contribution < 1.29 is 9.53 Å². The summed E-state index contributed by atoms with van der Waals surface area (Å²) in [7, 11) is 0. The van der Waals surface area contributed by atoms with E-state index >= 15 is 0 Å². The number of nitrogens with one attached hydrogen (secondary N) is 2. The Kier molecular flexibility index (Phi) is 5.95. The highest BCUT2D eigenvalue weighted by molar-refractivity contribution is 5.80. The molecule has 0 radical (unpaired) electrons. The number of ether oxygens (including phenoxy) is 1. The molecule has 0 saturated carbocycles. The number of para-hydroxylation sites is 1. The largest absolute Gasteiger partial charge is 0.484 e. The molecular formula is C19H23N3O2. The number of amides is 1. The van der Waals surface area contributed by atoms with E-state index in [0.29, 0.717) is 5.75 Å². The second-order valence-corrected chi connectivity index (χ2v) is 6.39. The summed E-state index contributed by atoms with van der Waals surface area (Å²) < 4.78 is 5.47. The zero-order valence-corrected chi connectivity index (χ0v) is 14.2. The number of nitrogens with zero attached hydrogens (tertiary/aromatic N) is 1. The molecule has 0 bridgehead atoms. The Hall–Kier alpha value is -2.82. The average Bonchev–Trinajstić information content (AvgIpc) is 2.53. The molecule has 0 spiro atoms. The van der Waals surface area contributed by atoms with Gasteiger partial charge < -0.3 is 10.1 Å². The van der Waals surface area contributed by atoms with Crippen LogP contribution in [0.4, 0.5) is 5.69 Å². The number of benzene rings is 2. The Bertz CT molecular complexity index is 674. The van der Waals surface area contributed by atoms with Gasteiger partial charge in [0, 0.05) is 5.54 Å². The Balaban J connectivity index is 1.81. The van der Waals surface area contributed by atoms with E-state index in [2.05, 4.69) is 15.8 Å². The lowest BCUT2D eigenvalue weighted by molar-refractivity contribution is -0.124. The van der Waals surface area contributed by atoms with Crippen LogP contribution in [0.5, 0.6) is 5.75 Å². The first-order chi connectivity index (χ1) is 11.4. The Morgan fingerprint density at radius 3 is 2.38 bits per heavy atom. The fourth-order valence-electron chi connectivity index (χ4n) is 1.95. The molecule has 0 aromatic heterocycles. The van der Waals surface area contributed by atoms with E-state index in [1.165, 1.54) is 0 Å². The van der Waals surface area contributed by atoms with Gasteiger partial charge in [0.2, 0.25) is 0 Å². The summed E-state index contributed by atoms with van der Waals surface area (Å²) in [5.41, 5.74) is 4.56. The van der Waals surface area contributed by atoms with E-state index in [0.717, 1.165) is 11.3 Å². The lowest BCUT2D eigenvalue weighted by atomic mass is 10.1. The molecule has 2 aromatic rings. The van der Waals surface area contributed by atoms with Crippen LogP contribution in [0.1, 0.15) is 26.3 Å². The molecule has 5 heteroatoms. The lowest BCUT2D eigenvalue weighted by Crippen LogP contribution is -2.43. The number of hydrogen-bond acceptors (Lipinski definition) is 4. The molecule has 0 heterocycles. The highest BCUT2D eigenvalue weighted by atomic mass is 16.5. The van der Waals surface area contributed by atoms with Gasteiger partial charge in [-0.05, 0) is 62.7 Å². The van der Waals surface area contributed by atoms with E-state index in [4.69, 9.17) is 4.74 Å².